The third-order valence-electron chi connectivity index (χ3n) is 1.06. The topological polar surface area (TPSA) is 12.0 Å². The minimum atomic E-state index is 0.869. The predicted molar refractivity (Wildman–Crippen MR) is 53.5 cm³/mol. The Labute approximate surface area is 70.5 Å². The minimum absolute atomic E-state index is 0.869. The quantitative estimate of drug-likeness (QED) is 0.615. The average Bonchev–Trinajstić information content (AvgIpc) is 2.07. The Bertz CT molecular complexity index is 143. The van der Waals surface area contributed by atoms with E-state index in [4.69, 9.17) is 0 Å². The highest BCUT2D eigenvalue weighted by Crippen LogP contribution is 2.00. The van der Waals surface area contributed by atoms with E-state index in [-0.39, 0.29) is 0 Å². The van der Waals surface area contributed by atoms with Crippen molar-refractivity contribution in [1.82, 2.24) is 5.32 Å². The third-order valence-corrected chi connectivity index (χ3v) is 1.06. The zero-order valence-electron chi connectivity index (χ0n) is 8.07. The van der Waals surface area contributed by atoms with Gasteiger partial charge in [-0.1, -0.05) is 39.2 Å². The molecule has 0 saturated heterocycles. The first-order chi connectivity index (χ1) is 5.22. The van der Waals surface area contributed by atoms with Crippen LogP contribution in [0.15, 0.2) is 36.6 Å². The molecule has 0 aliphatic rings. The summed E-state index contributed by atoms with van der Waals surface area (Å²) in [7, 11) is 1.83. The van der Waals surface area contributed by atoms with Gasteiger partial charge >= 0.3 is 0 Å². The zero-order chi connectivity index (χ0) is 9.28. The van der Waals surface area contributed by atoms with Crippen LogP contribution in [0.25, 0.3) is 0 Å². The first-order valence-electron chi connectivity index (χ1n) is 3.91. The highest BCUT2D eigenvalue weighted by Gasteiger charge is 1.88. The lowest BCUT2D eigenvalue weighted by atomic mass is 10.2. The summed E-state index contributed by atoms with van der Waals surface area (Å²) < 4.78 is 0. The molecular formula is C10H19N. The van der Waals surface area contributed by atoms with Crippen molar-refractivity contribution >= 4 is 0 Å². The van der Waals surface area contributed by atoms with Crippen molar-refractivity contribution in [2.45, 2.75) is 20.8 Å². The SMILES string of the molecule is C=C(/C=C\C)C(=C)NC.CC. The van der Waals surface area contributed by atoms with Gasteiger partial charge in [0.05, 0.1) is 0 Å². The largest absolute Gasteiger partial charge is 0.388 e. The van der Waals surface area contributed by atoms with E-state index in [0.29, 0.717) is 0 Å². The molecule has 1 nitrogen and oxygen atoms in total. The van der Waals surface area contributed by atoms with Gasteiger partial charge in [0, 0.05) is 12.7 Å². The molecule has 1 heteroatoms. The number of likely N-dealkylation sites (N-methyl/N-ethyl adjacent to an activating group) is 1. The normalized spacial score (nSPS) is 8.36. The fraction of sp³-hybridized carbons (Fsp3) is 0.400. The van der Waals surface area contributed by atoms with Gasteiger partial charge in [-0.3, -0.25) is 0 Å². The van der Waals surface area contributed by atoms with Crippen molar-refractivity contribution in [3.8, 4) is 0 Å². The molecule has 1 N–H and O–H groups in total. The van der Waals surface area contributed by atoms with Crippen LogP contribution >= 0.6 is 0 Å². The Hall–Kier alpha value is -0.980. The van der Waals surface area contributed by atoms with E-state index in [9.17, 15) is 0 Å². The van der Waals surface area contributed by atoms with Crippen LogP contribution in [0.4, 0.5) is 0 Å². The molecular weight excluding hydrogens is 134 g/mol. The summed E-state index contributed by atoms with van der Waals surface area (Å²) in [6.45, 7) is 13.4. The maximum absolute atomic E-state index is 3.77. The van der Waals surface area contributed by atoms with Crippen LogP contribution in [0.2, 0.25) is 0 Å². The number of rotatable bonds is 3. The maximum atomic E-state index is 3.77. The van der Waals surface area contributed by atoms with Crippen molar-refractivity contribution in [3.05, 3.63) is 36.6 Å². The Morgan fingerprint density at radius 3 is 2.00 bits per heavy atom. The number of hydrogen-bond acceptors (Lipinski definition) is 1. The van der Waals surface area contributed by atoms with E-state index in [1.54, 1.807) is 0 Å². The van der Waals surface area contributed by atoms with Gasteiger partial charge in [0.1, 0.15) is 0 Å². The van der Waals surface area contributed by atoms with Crippen molar-refractivity contribution in [3.63, 3.8) is 0 Å². The van der Waals surface area contributed by atoms with Gasteiger partial charge in [0.2, 0.25) is 0 Å². The molecule has 0 saturated carbocycles. The van der Waals surface area contributed by atoms with E-state index in [1.165, 1.54) is 0 Å². The highest BCUT2D eigenvalue weighted by molar-refractivity contribution is 5.33. The van der Waals surface area contributed by atoms with Crippen LogP contribution in [0, 0.1) is 0 Å². The molecule has 0 aromatic carbocycles. The molecule has 11 heavy (non-hydrogen) atoms. The van der Waals surface area contributed by atoms with Gasteiger partial charge in [-0.05, 0) is 12.5 Å². The Kier molecular flexibility index (Phi) is 10.4. The molecule has 0 aliphatic heterocycles. The van der Waals surface area contributed by atoms with Gasteiger partial charge in [-0.15, -0.1) is 0 Å². The first-order valence-corrected chi connectivity index (χ1v) is 3.91. The fourth-order valence-corrected chi connectivity index (χ4v) is 0.462. The molecule has 0 radical (unpaired) electrons. The van der Waals surface area contributed by atoms with Gasteiger partial charge in [-0.2, -0.15) is 0 Å². The minimum Gasteiger partial charge on any atom is -0.388 e. The first kappa shape index (κ1) is 12.7. The molecule has 0 spiro atoms. The standard InChI is InChI=1S/C8H13N.C2H6/c1-5-6-7(2)8(3)9-4;1-2/h5-6,9H,2-3H2,1,4H3;1-2H3/b6-5-;. The van der Waals surface area contributed by atoms with E-state index >= 15 is 0 Å². The third kappa shape index (κ3) is 6.91. The van der Waals surface area contributed by atoms with E-state index < -0.39 is 0 Å². The Morgan fingerprint density at radius 2 is 1.73 bits per heavy atom. The second-order valence-electron chi connectivity index (χ2n) is 1.75. The van der Waals surface area contributed by atoms with Crippen LogP contribution < -0.4 is 5.32 Å². The van der Waals surface area contributed by atoms with Gasteiger partial charge < -0.3 is 5.32 Å². The summed E-state index contributed by atoms with van der Waals surface area (Å²) in [6, 6.07) is 0. The van der Waals surface area contributed by atoms with Crippen LogP contribution in [-0.4, -0.2) is 7.05 Å². The lowest BCUT2D eigenvalue weighted by Crippen LogP contribution is -2.04. The van der Waals surface area contributed by atoms with E-state index in [2.05, 4.69) is 18.5 Å². The summed E-state index contributed by atoms with van der Waals surface area (Å²) >= 11 is 0. The van der Waals surface area contributed by atoms with Gasteiger partial charge in [-0.25, -0.2) is 0 Å². The smallest absolute Gasteiger partial charge is 0.0332 e. The number of allylic oxidation sites excluding steroid dienone is 2. The molecule has 0 bridgehead atoms. The van der Waals surface area contributed by atoms with Crippen molar-refractivity contribution in [1.29, 1.82) is 0 Å². The molecule has 64 valence electrons. The van der Waals surface area contributed by atoms with Crippen LogP contribution in [0.5, 0.6) is 0 Å². The second-order valence-corrected chi connectivity index (χ2v) is 1.75. The molecule has 0 unspecified atom stereocenters. The molecule has 0 heterocycles. The average molecular weight is 153 g/mol. The molecule has 0 aromatic heterocycles. The molecule has 0 rings (SSSR count). The summed E-state index contributed by atoms with van der Waals surface area (Å²) in [5, 5.41) is 2.90. The van der Waals surface area contributed by atoms with Crippen LogP contribution in [0.3, 0.4) is 0 Å². The van der Waals surface area contributed by atoms with Crippen molar-refractivity contribution in [2.24, 2.45) is 0 Å². The monoisotopic (exact) mass is 153 g/mol. The van der Waals surface area contributed by atoms with Gasteiger partial charge in [0.25, 0.3) is 0 Å². The molecule has 0 atom stereocenters. The lowest BCUT2D eigenvalue weighted by molar-refractivity contribution is 1.02. The molecule has 0 fully saturated rings. The Balaban J connectivity index is 0. The molecule has 0 amide bonds. The predicted octanol–water partition coefficient (Wildman–Crippen LogP) is 2.88. The fourth-order valence-electron chi connectivity index (χ4n) is 0.462. The Morgan fingerprint density at radius 1 is 1.27 bits per heavy atom. The summed E-state index contributed by atoms with van der Waals surface area (Å²) in [4.78, 5) is 0. The molecule has 0 aliphatic carbocycles. The lowest BCUT2D eigenvalue weighted by Gasteiger charge is -2.01. The summed E-state index contributed by atoms with van der Waals surface area (Å²) in [6.07, 6.45) is 3.85. The second kappa shape index (κ2) is 9.02. The van der Waals surface area contributed by atoms with Crippen LogP contribution in [-0.2, 0) is 0 Å². The molecule has 0 aromatic rings. The highest BCUT2D eigenvalue weighted by atomic mass is 14.8. The summed E-state index contributed by atoms with van der Waals surface area (Å²) in [5.74, 6) is 0. The van der Waals surface area contributed by atoms with E-state index in [1.807, 2.05) is 40.0 Å². The number of hydrogen-bond donors (Lipinski definition) is 1. The van der Waals surface area contributed by atoms with Crippen molar-refractivity contribution < 1.29 is 0 Å². The van der Waals surface area contributed by atoms with Crippen molar-refractivity contribution in [2.75, 3.05) is 7.05 Å². The van der Waals surface area contributed by atoms with Gasteiger partial charge in [0.15, 0.2) is 0 Å². The van der Waals surface area contributed by atoms with E-state index in [0.717, 1.165) is 11.3 Å². The summed E-state index contributed by atoms with van der Waals surface area (Å²) in [5.41, 5.74) is 1.80. The zero-order valence-corrected chi connectivity index (χ0v) is 8.07. The number of nitrogens with one attached hydrogen (secondary N) is 1. The maximum Gasteiger partial charge on any atom is 0.0332 e. The van der Waals surface area contributed by atoms with Crippen LogP contribution in [0.1, 0.15) is 20.8 Å².